The van der Waals surface area contributed by atoms with Crippen LogP contribution in [0.4, 0.5) is 5.69 Å². The number of nitrogens with one attached hydrogen (secondary N) is 1. The molecule has 38 heavy (non-hydrogen) atoms. The summed E-state index contributed by atoms with van der Waals surface area (Å²) in [5.41, 5.74) is 3.82. The maximum Gasteiger partial charge on any atom is 0.265 e. The summed E-state index contributed by atoms with van der Waals surface area (Å²) in [7, 11) is 0. The Balaban J connectivity index is 0.000000786. The minimum atomic E-state index is -0.114. The van der Waals surface area contributed by atoms with Gasteiger partial charge in [-0.25, -0.2) is 4.98 Å². The van der Waals surface area contributed by atoms with Crippen LogP contribution in [-0.2, 0) is 0 Å². The van der Waals surface area contributed by atoms with Crippen LogP contribution in [0, 0.1) is 6.92 Å². The first kappa shape index (κ1) is 28.5. The van der Waals surface area contributed by atoms with Gasteiger partial charge in [0, 0.05) is 36.9 Å². The summed E-state index contributed by atoms with van der Waals surface area (Å²) in [6.07, 6.45) is 7.24. The van der Waals surface area contributed by atoms with Crippen molar-refractivity contribution in [1.29, 1.82) is 0 Å². The van der Waals surface area contributed by atoms with E-state index in [2.05, 4.69) is 62.6 Å². The SMILES string of the molecule is CCCI.CCCN1CCCN(c2ccc3ncn(-c4cc(C(=O)NC5CC5)ccc4C)c(=O)c3c2)CC1. The number of hydrogen-bond donors (Lipinski definition) is 1. The van der Waals surface area contributed by atoms with Gasteiger partial charge in [-0.3, -0.25) is 14.2 Å². The molecule has 3 aromatic rings. The standard InChI is InChI=1S/C27H33N5O2.C3H7I/c1-3-11-30-12-4-13-31(15-14-30)22-9-10-24-23(17-22)27(34)32(18-28-24)25-16-20(6-5-19(25)2)26(33)29-21-7-8-21;1-2-3-4/h5-6,9-10,16-18,21H,3-4,7-8,11-15H2,1-2H3,(H,29,33);2-3H2,1H3. The lowest BCUT2D eigenvalue weighted by molar-refractivity contribution is 0.0951. The highest BCUT2D eigenvalue weighted by Crippen LogP contribution is 2.23. The van der Waals surface area contributed by atoms with Gasteiger partial charge in [0.2, 0.25) is 0 Å². The molecule has 2 fully saturated rings. The average Bonchev–Trinajstić information content (AvgIpc) is 3.77. The molecule has 2 heterocycles. The fraction of sp³-hybridized carbons (Fsp3) is 0.500. The Kier molecular flexibility index (Phi) is 10.2. The van der Waals surface area contributed by atoms with E-state index in [0.29, 0.717) is 22.2 Å². The molecular weight excluding hydrogens is 589 g/mol. The van der Waals surface area contributed by atoms with Gasteiger partial charge < -0.3 is 15.1 Å². The highest BCUT2D eigenvalue weighted by atomic mass is 127. The van der Waals surface area contributed by atoms with Gasteiger partial charge in [-0.05, 0) is 92.4 Å². The van der Waals surface area contributed by atoms with Crippen molar-refractivity contribution in [2.45, 2.75) is 58.9 Å². The molecule has 0 spiro atoms. The molecule has 7 nitrogen and oxygen atoms in total. The van der Waals surface area contributed by atoms with E-state index in [1.807, 2.05) is 31.2 Å². The van der Waals surface area contributed by atoms with Gasteiger partial charge in [0.05, 0.1) is 16.6 Å². The minimum absolute atomic E-state index is 0.0916. The molecule has 5 rings (SSSR count). The van der Waals surface area contributed by atoms with Gasteiger partial charge in [0.25, 0.3) is 11.5 Å². The zero-order valence-electron chi connectivity index (χ0n) is 22.9. The van der Waals surface area contributed by atoms with E-state index in [1.54, 1.807) is 17.0 Å². The summed E-state index contributed by atoms with van der Waals surface area (Å²) < 4.78 is 2.86. The minimum Gasteiger partial charge on any atom is -0.370 e. The van der Waals surface area contributed by atoms with Crippen molar-refractivity contribution in [2.24, 2.45) is 0 Å². The molecule has 1 N–H and O–H groups in total. The van der Waals surface area contributed by atoms with Gasteiger partial charge in [0.1, 0.15) is 6.33 Å². The van der Waals surface area contributed by atoms with E-state index in [-0.39, 0.29) is 17.5 Å². The Morgan fingerprint density at radius 3 is 2.55 bits per heavy atom. The Bertz CT molecular complexity index is 1300. The molecule has 1 aromatic heterocycles. The number of alkyl halides is 1. The maximum absolute atomic E-state index is 13.6. The van der Waals surface area contributed by atoms with E-state index >= 15 is 0 Å². The predicted molar refractivity (Wildman–Crippen MR) is 165 cm³/mol. The second kappa shape index (κ2) is 13.6. The number of hydrogen-bond acceptors (Lipinski definition) is 5. The molecule has 1 aliphatic carbocycles. The molecule has 204 valence electrons. The highest BCUT2D eigenvalue weighted by Gasteiger charge is 2.24. The second-order valence-electron chi connectivity index (χ2n) is 10.2. The Labute approximate surface area is 239 Å². The third-order valence-corrected chi connectivity index (χ3v) is 8.15. The molecule has 1 aliphatic heterocycles. The number of rotatable bonds is 7. The summed E-state index contributed by atoms with van der Waals surface area (Å²) in [6.45, 7) is 11.6. The summed E-state index contributed by atoms with van der Waals surface area (Å²) in [5, 5.41) is 3.62. The van der Waals surface area contributed by atoms with Crippen molar-refractivity contribution in [3.8, 4) is 5.69 Å². The molecule has 8 heteroatoms. The number of anilines is 1. The number of amides is 1. The first-order valence-electron chi connectivity index (χ1n) is 13.9. The molecule has 0 unspecified atom stereocenters. The molecule has 1 amide bonds. The van der Waals surface area contributed by atoms with Crippen LogP contribution in [0.2, 0.25) is 0 Å². The van der Waals surface area contributed by atoms with Gasteiger partial charge >= 0.3 is 0 Å². The number of halogens is 1. The van der Waals surface area contributed by atoms with Crippen molar-refractivity contribution in [1.82, 2.24) is 19.8 Å². The van der Waals surface area contributed by atoms with Gasteiger partial charge in [-0.1, -0.05) is 42.5 Å². The zero-order chi connectivity index (χ0) is 27.1. The van der Waals surface area contributed by atoms with Crippen molar-refractivity contribution < 1.29 is 4.79 Å². The van der Waals surface area contributed by atoms with Crippen LogP contribution in [0.25, 0.3) is 16.6 Å². The summed E-state index contributed by atoms with van der Waals surface area (Å²) in [5.74, 6) is -0.0916. The number of aryl methyl sites for hydroxylation is 1. The lowest BCUT2D eigenvalue weighted by Gasteiger charge is -2.24. The van der Waals surface area contributed by atoms with Crippen molar-refractivity contribution in [2.75, 3.05) is 42.1 Å². The molecule has 0 atom stereocenters. The predicted octanol–water partition coefficient (Wildman–Crippen LogP) is 5.34. The molecule has 2 aromatic carbocycles. The molecule has 1 saturated carbocycles. The lowest BCUT2D eigenvalue weighted by Crippen LogP contribution is -2.31. The van der Waals surface area contributed by atoms with Crippen LogP contribution in [0.5, 0.6) is 0 Å². The van der Waals surface area contributed by atoms with Crippen LogP contribution >= 0.6 is 22.6 Å². The Morgan fingerprint density at radius 2 is 1.84 bits per heavy atom. The molecule has 2 aliphatic rings. The largest absolute Gasteiger partial charge is 0.370 e. The third-order valence-electron chi connectivity index (χ3n) is 7.07. The van der Waals surface area contributed by atoms with E-state index < -0.39 is 0 Å². The van der Waals surface area contributed by atoms with Crippen LogP contribution in [0.1, 0.15) is 61.9 Å². The quantitative estimate of drug-likeness (QED) is 0.283. The average molecular weight is 630 g/mol. The van der Waals surface area contributed by atoms with E-state index in [1.165, 1.54) is 17.3 Å². The third kappa shape index (κ3) is 7.14. The summed E-state index contributed by atoms with van der Waals surface area (Å²) in [6, 6.07) is 11.8. The van der Waals surface area contributed by atoms with Gasteiger partial charge in [-0.15, -0.1) is 0 Å². The number of aromatic nitrogens is 2. The molecular formula is C30H40IN5O2. The maximum atomic E-state index is 13.6. The van der Waals surface area contributed by atoms with E-state index in [4.69, 9.17) is 0 Å². The lowest BCUT2D eigenvalue weighted by atomic mass is 10.1. The smallest absolute Gasteiger partial charge is 0.265 e. The number of benzene rings is 2. The van der Waals surface area contributed by atoms with Gasteiger partial charge in [0.15, 0.2) is 0 Å². The number of nitrogens with zero attached hydrogens (tertiary/aromatic N) is 4. The Morgan fingerprint density at radius 1 is 1.05 bits per heavy atom. The summed E-state index contributed by atoms with van der Waals surface area (Å²) >= 11 is 2.35. The molecule has 0 radical (unpaired) electrons. The van der Waals surface area contributed by atoms with Crippen LogP contribution in [0.15, 0.2) is 47.5 Å². The summed E-state index contributed by atoms with van der Waals surface area (Å²) in [4.78, 5) is 35.6. The van der Waals surface area contributed by atoms with Crippen LogP contribution in [0.3, 0.4) is 0 Å². The van der Waals surface area contributed by atoms with Crippen molar-refractivity contribution in [3.05, 3.63) is 64.2 Å². The van der Waals surface area contributed by atoms with Crippen LogP contribution in [-0.4, -0.2) is 63.6 Å². The van der Waals surface area contributed by atoms with Crippen LogP contribution < -0.4 is 15.8 Å². The Hall–Kier alpha value is -2.46. The van der Waals surface area contributed by atoms with Crippen molar-refractivity contribution in [3.63, 3.8) is 0 Å². The molecule has 0 bridgehead atoms. The van der Waals surface area contributed by atoms with E-state index in [0.717, 1.165) is 63.2 Å². The first-order chi connectivity index (χ1) is 18.4. The van der Waals surface area contributed by atoms with Crippen molar-refractivity contribution >= 4 is 45.1 Å². The fourth-order valence-electron chi connectivity index (χ4n) is 4.75. The number of fused-ring (bicyclic) bond motifs is 1. The van der Waals surface area contributed by atoms with Gasteiger partial charge in [-0.2, -0.15) is 0 Å². The van der Waals surface area contributed by atoms with E-state index in [9.17, 15) is 9.59 Å². The monoisotopic (exact) mass is 629 g/mol. The number of carbonyl (C=O) groups excluding carboxylic acids is 1. The number of carbonyl (C=O) groups is 1. The highest BCUT2D eigenvalue weighted by molar-refractivity contribution is 14.1. The fourth-order valence-corrected chi connectivity index (χ4v) is 4.75. The first-order valence-corrected chi connectivity index (χ1v) is 15.4. The topological polar surface area (TPSA) is 70.5 Å². The molecule has 1 saturated heterocycles. The zero-order valence-corrected chi connectivity index (χ0v) is 25.0. The second-order valence-corrected chi connectivity index (χ2v) is 11.3. The normalized spacial score (nSPS) is 16.1.